The molecular weight excluding hydrogens is 494 g/mol. The Kier molecular flexibility index (Phi) is 5.63. The Hall–Kier alpha value is -3.93. The van der Waals surface area contributed by atoms with Gasteiger partial charge in [-0.25, -0.2) is 23.4 Å². The lowest BCUT2D eigenvalue weighted by Gasteiger charge is -2.07. The molecule has 2 aliphatic rings. The molecule has 0 saturated heterocycles. The molecule has 37 heavy (non-hydrogen) atoms. The first kappa shape index (κ1) is 23.5. The van der Waals surface area contributed by atoms with Gasteiger partial charge in [-0.2, -0.15) is 5.10 Å². The van der Waals surface area contributed by atoms with Crippen LogP contribution in [0.2, 0.25) is 0 Å². The fourth-order valence-electron chi connectivity index (χ4n) is 4.40. The van der Waals surface area contributed by atoms with Crippen molar-refractivity contribution in [3.8, 4) is 5.75 Å². The Morgan fingerprint density at radius 1 is 1.22 bits per heavy atom. The first-order valence-electron chi connectivity index (χ1n) is 12.0. The number of nitrogens with zero attached hydrogens (tertiary/aromatic N) is 6. The Morgan fingerprint density at radius 3 is 2.81 bits per heavy atom. The van der Waals surface area contributed by atoms with Crippen LogP contribution in [-0.2, 0) is 21.2 Å². The van der Waals surface area contributed by atoms with Crippen LogP contribution in [-0.4, -0.2) is 50.1 Å². The van der Waals surface area contributed by atoms with Crippen LogP contribution in [0, 0.1) is 12.8 Å². The second-order valence-corrected chi connectivity index (χ2v) is 11.7. The minimum absolute atomic E-state index is 0.000374. The summed E-state index contributed by atoms with van der Waals surface area (Å²) in [5.74, 6) is 1.38. The van der Waals surface area contributed by atoms with Crippen molar-refractivity contribution in [1.29, 1.82) is 0 Å². The Labute approximate surface area is 213 Å². The number of nitrogens with one attached hydrogen (secondary N) is 1. The van der Waals surface area contributed by atoms with E-state index in [0.717, 1.165) is 24.1 Å². The SMILES string of the molecule is Cc1ccnc([C@H]2C[C@@H]2C(=O)Nc2cc(OCc3cn4cc(C5CC5)cc(S(C)(=O)=O)c4n3)cnn2)n1. The number of anilines is 1. The summed E-state index contributed by atoms with van der Waals surface area (Å²) in [6, 6.07) is 5.15. The molecular formula is C25H25N7O4S. The number of sulfone groups is 1. The van der Waals surface area contributed by atoms with E-state index in [0.29, 0.717) is 35.3 Å². The molecule has 2 aliphatic carbocycles. The predicted octanol–water partition coefficient (Wildman–Crippen LogP) is 2.82. The zero-order valence-corrected chi connectivity index (χ0v) is 21.1. The molecule has 0 aliphatic heterocycles. The highest BCUT2D eigenvalue weighted by molar-refractivity contribution is 7.91. The first-order valence-corrected chi connectivity index (χ1v) is 13.9. The van der Waals surface area contributed by atoms with E-state index in [1.807, 2.05) is 19.2 Å². The maximum Gasteiger partial charge on any atom is 0.229 e. The third kappa shape index (κ3) is 5.01. The molecule has 4 aromatic heterocycles. The molecule has 1 N–H and O–H groups in total. The predicted molar refractivity (Wildman–Crippen MR) is 133 cm³/mol. The Morgan fingerprint density at radius 2 is 2.05 bits per heavy atom. The minimum Gasteiger partial charge on any atom is -0.485 e. The lowest BCUT2D eigenvalue weighted by atomic mass is 10.2. The normalized spacial score (nSPS) is 19.1. The highest BCUT2D eigenvalue weighted by Crippen LogP contribution is 2.46. The summed E-state index contributed by atoms with van der Waals surface area (Å²) in [6.07, 6.45) is 10.9. The molecule has 0 unspecified atom stereocenters. The molecule has 2 fully saturated rings. The van der Waals surface area contributed by atoms with Crippen LogP contribution < -0.4 is 10.1 Å². The number of aromatic nitrogens is 6. The number of amides is 1. The smallest absolute Gasteiger partial charge is 0.229 e. The number of hydrogen-bond donors (Lipinski definition) is 1. The summed E-state index contributed by atoms with van der Waals surface area (Å²) in [4.78, 5) is 26.1. The molecule has 6 rings (SSSR count). The zero-order valence-electron chi connectivity index (χ0n) is 20.3. The number of fused-ring (bicyclic) bond motifs is 1. The standard InChI is InChI=1S/C25H25N7O4S/c1-14-5-6-26-23(28-14)19-9-20(19)25(33)30-22-8-18(10-27-31-22)36-13-17-12-32-11-16(15-3-4-15)7-21(24(32)29-17)37(2,34)35/h5-8,10-12,15,19-20H,3-4,9,13H2,1-2H3,(H,30,31,33)/t19-,20-/m0/s1. The fraction of sp³-hybridized carbons (Fsp3) is 0.360. The molecule has 2 atom stereocenters. The number of pyridine rings is 1. The van der Waals surface area contributed by atoms with Gasteiger partial charge in [0.15, 0.2) is 21.3 Å². The second-order valence-electron chi connectivity index (χ2n) is 9.71. The van der Waals surface area contributed by atoms with Gasteiger partial charge in [-0.15, -0.1) is 5.10 Å². The number of carbonyl (C=O) groups excluding carboxylic acids is 1. The van der Waals surface area contributed by atoms with Gasteiger partial charge in [0.05, 0.1) is 11.9 Å². The maximum absolute atomic E-state index is 12.7. The summed E-state index contributed by atoms with van der Waals surface area (Å²) in [5.41, 5.74) is 2.82. The number of imidazole rings is 1. The zero-order chi connectivity index (χ0) is 25.7. The van der Waals surface area contributed by atoms with Crippen molar-refractivity contribution in [2.75, 3.05) is 11.6 Å². The molecule has 2 saturated carbocycles. The van der Waals surface area contributed by atoms with Crippen LogP contribution in [0.3, 0.4) is 0 Å². The van der Waals surface area contributed by atoms with E-state index in [9.17, 15) is 13.2 Å². The first-order chi connectivity index (χ1) is 17.7. The average molecular weight is 520 g/mol. The summed E-state index contributed by atoms with van der Waals surface area (Å²) >= 11 is 0. The van der Waals surface area contributed by atoms with Crippen LogP contribution in [0.5, 0.6) is 5.75 Å². The second kappa shape index (κ2) is 8.87. The van der Waals surface area contributed by atoms with Crippen molar-refractivity contribution in [2.45, 2.75) is 49.5 Å². The fourth-order valence-corrected chi connectivity index (χ4v) is 5.24. The maximum atomic E-state index is 12.7. The Balaban J connectivity index is 1.13. The van der Waals surface area contributed by atoms with Crippen LogP contribution in [0.4, 0.5) is 5.82 Å². The summed E-state index contributed by atoms with van der Waals surface area (Å²) < 4.78 is 32.4. The largest absolute Gasteiger partial charge is 0.485 e. The molecule has 11 nitrogen and oxygen atoms in total. The van der Waals surface area contributed by atoms with Gasteiger partial charge in [0.25, 0.3) is 0 Å². The molecule has 4 aromatic rings. The van der Waals surface area contributed by atoms with E-state index in [4.69, 9.17) is 4.74 Å². The Bertz CT molecular complexity index is 1630. The number of carbonyl (C=O) groups is 1. The van der Waals surface area contributed by atoms with E-state index >= 15 is 0 Å². The van der Waals surface area contributed by atoms with Crippen molar-refractivity contribution < 1.29 is 17.9 Å². The lowest BCUT2D eigenvalue weighted by Crippen LogP contribution is -2.16. The molecule has 12 heteroatoms. The molecule has 0 spiro atoms. The molecule has 1 amide bonds. The average Bonchev–Trinajstić information content (AvgIpc) is 3.78. The summed E-state index contributed by atoms with van der Waals surface area (Å²) in [6.45, 7) is 1.99. The van der Waals surface area contributed by atoms with E-state index in [1.165, 1.54) is 12.5 Å². The molecule has 0 radical (unpaired) electrons. The van der Waals surface area contributed by atoms with Gasteiger partial charge in [-0.3, -0.25) is 4.79 Å². The van der Waals surface area contributed by atoms with Crippen LogP contribution in [0.1, 0.15) is 53.9 Å². The summed E-state index contributed by atoms with van der Waals surface area (Å²) in [7, 11) is -3.45. The van der Waals surface area contributed by atoms with Gasteiger partial charge < -0.3 is 14.5 Å². The van der Waals surface area contributed by atoms with Gasteiger partial charge in [0.1, 0.15) is 23.1 Å². The van der Waals surface area contributed by atoms with Crippen molar-refractivity contribution in [1.82, 2.24) is 29.5 Å². The van der Waals surface area contributed by atoms with Crippen LogP contribution in [0.15, 0.2) is 47.9 Å². The summed E-state index contributed by atoms with van der Waals surface area (Å²) in [5, 5.41) is 10.7. The van der Waals surface area contributed by atoms with Crippen molar-refractivity contribution in [3.05, 3.63) is 65.8 Å². The molecule has 0 bridgehead atoms. The third-order valence-corrected chi connectivity index (χ3v) is 7.68. The monoisotopic (exact) mass is 519 g/mol. The highest BCUT2D eigenvalue weighted by Gasteiger charge is 2.46. The molecule has 190 valence electrons. The van der Waals surface area contributed by atoms with Crippen LogP contribution >= 0.6 is 0 Å². The third-order valence-electron chi connectivity index (χ3n) is 6.58. The van der Waals surface area contributed by atoms with Gasteiger partial charge in [-0.05, 0) is 49.8 Å². The van der Waals surface area contributed by atoms with E-state index in [1.54, 1.807) is 28.9 Å². The number of hydrogen-bond acceptors (Lipinski definition) is 9. The van der Waals surface area contributed by atoms with Gasteiger partial charge in [0, 0.05) is 48.4 Å². The van der Waals surface area contributed by atoms with Crippen molar-refractivity contribution in [2.24, 2.45) is 5.92 Å². The number of aryl methyl sites for hydroxylation is 1. The lowest BCUT2D eigenvalue weighted by molar-refractivity contribution is -0.117. The van der Waals surface area contributed by atoms with E-state index < -0.39 is 9.84 Å². The van der Waals surface area contributed by atoms with E-state index in [-0.39, 0.29) is 35.1 Å². The van der Waals surface area contributed by atoms with E-state index in [2.05, 4.69) is 30.5 Å². The van der Waals surface area contributed by atoms with Crippen molar-refractivity contribution >= 4 is 27.2 Å². The van der Waals surface area contributed by atoms with Gasteiger partial charge in [0.2, 0.25) is 5.91 Å². The minimum atomic E-state index is -3.45. The van der Waals surface area contributed by atoms with Gasteiger partial charge >= 0.3 is 0 Å². The van der Waals surface area contributed by atoms with Gasteiger partial charge in [-0.1, -0.05) is 0 Å². The van der Waals surface area contributed by atoms with Crippen molar-refractivity contribution in [3.63, 3.8) is 0 Å². The highest BCUT2D eigenvalue weighted by atomic mass is 32.2. The number of rotatable bonds is 8. The molecule has 4 heterocycles. The van der Waals surface area contributed by atoms with Crippen LogP contribution in [0.25, 0.3) is 5.65 Å². The number of ether oxygens (including phenoxy) is 1. The topological polar surface area (TPSA) is 141 Å². The molecule has 0 aromatic carbocycles. The quantitative estimate of drug-likeness (QED) is 0.372.